The van der Waals surface area contributed by atoms with Crippen LogP contribution >= 0.6 is 11.8 Å². The first kappa shape index (κ1) is 20.7. The average molecular weight is 432 g/mol. The molecule has 156 valence electrons. The largest absolute Gasteiger partial charge is 0.293 e. The van der Waals surface area contributed by atoms with Crippen molar-refractivity contribution in [2.75, 3.05) is 5.43 Å². The highest BCUT2D eigenvalue weighted by molar-refractivity contribution is 8.18. The Kier molecular flexibility index (Phi) is 5.77. The number of aromatic nitrogens is 1. The van der Waals surface area contributed by atoms with E-state index >= 15 is 0 Å². The summed E-state index contributed by atoms with van der Waals surface area (Å²) in [5, 5.41) is -0.286. The van der Waals surface area contributed by atoms with Crippen LogP contribution in [0, 0.1) is 13.8 Å². The number of nitrogens with zero attached hydrogens (tertiary/aromatic N) is 2. The number of carbonyl (C=O) groups excluding carboxylic acids is 3. The molecule has 0 atom stereocenters. The summed E-state index contributed by atoms with van der Waals surface area (Å²) in [7, 11) is 0. The van der Waals surface area contributed by atoms with Crippen LogP contribution in [0.1, 0.15) is 32.9 Å². The number of hydrogen-bond donors (Lipinski definition) is 1. The fourth-order valence-electron chi connectivity index (χ4n) is 3.40. The van der Waals surface area contributed by atoms with Crippen molar-refractivity contribution in [2.45, 2.75) is 20.4 Å². The number of aryl methyl sites for hydroxylation is 1. The maximum Gasteiger partial charge on any atom is 0.293 e. The Morgan fingerprint density at radius 1 is 1.00 bits per heavy atom. The SMILES string of the molecule is Cc1cc(/C=C2\SC(=O)N(Cc3ccccc3)C2=O)c(C)n1NC(=O)c1ccccc1. The smallest absolute Gasteiger partial charge is 0.268 e. The van der Waals surface area contributed by atoms with E-state index in [1.165, 1.54) is 4.90 Å². The summed E-state index contributed by atoms with van der Waals surface area (Å²) < 4.78 is 1.69. The highest BCUT2D eigenvalue weighted by Crippen LogP contribution is 2.34. The van der Waals surface area contributed by atoms with Gasteiger partial charge in [0, 0.05) is 17.0 Å². The second-order valence-corrected chi connectivity index (χ2v) is 8.22. The number of carbonyl (C=O) groups is 3. The average Bonchev–Trinajstić information content (AvgIpc) is 3.19. The summed E-state index contributed by atoms with van der Waals surface area (Å²) in [6.07, 6.45) is 1.71. The first-order valence-corrected chi connectivity index (χ1v) is 10.6. The Bertz CT molecular complexity index is 1180. The zero-order valence-corrected chi connectivity index (χ0v) is 18.0. The van der Waals surface area contributed by atoms with Crippen molar-refractivity contribution in [1.82, 2.24) is 9.58 Å². The van der Waals surface area contributed by atoms with E-state index in [-0.39, 0.29) is 23.6 Å². The maximum atomic E-state index is 12.8. The predicted molar refractivity (Wildman–Crippen MR) is 122 cm³/mol. The van der Waals surface area contributed by atoms with Gasteiger partial charge in [0.2, 0.25) is 0 Å². The number of hydrogen-bond acceptors (Lipinski definition) is 4. The van der Waals surface area contributed by atoms with Crippen LogP contribution in [0.15, 0.2) is 71.6 Å². The molecule has 1 saturated heterocycles. The number of nitrogens with one attached hydrogen (secondary N) is 1. The first-order valence-electron chi connectivity index (χ1n) is 9.78. The third-order valence-electron chi connectivity index (χ3n) is 5.06. The molecule has 0 spiro atoms. The van der Waals surface area contributed by atoms with E-state index < -0.39 is 0 Å². The van der Waals surface area contributed by atoms with E-state index in [4.69, 9.17) is 0 Å². The summed E-state index contributed by atoms with van der Waals surface area (Å²) in [5.41, 5.74) is 6.70. The van der Waals surface area contributed by atoms with Crippen LogP contribution in [0.4, 0.5) is 4.79 Å². The third-order valence-corrected chi connectivity index (χ3v) is 5.97. The lowest BCUT2D eigenvalue weighted by molar-refractivity contribution is -0.123. The quantitative estimate of drug-likeness (QED) is 0.593. The van der Waals surface area contributed by atoms with Crippen molar-refractivity contribution in [1.29, 1.82) is 0 Å². The van der Waals surface area contributed by atoms with E-state index in [0.717, 1.165) is 34.3 Å². The molecule has 6 nitrogen and oxygen atoms in total. The monoisotopic (exact) mass is 431 g/mol. The molecule has 2 aromatic carbocycles. The summed E-state index contributed by atoms with van der Waals surface area (Å²) in [5.74, 6) is -0.533. The minimum absolute atomic E-state index is 0.225. The zero-order valence-electron chi connectivity index (χ0n) is 17.2. The van der Waals surface area contributed by atoms with Gasteiger partial charge in [-0.1, -0.05) is 48.5 Å². The van der Waals surface area contributed by atoms with Crippen LogP contribution in [0.25, 0.3) is 6.08 Å². The Balaban J connectivity index is 1.55. The van der Waals surface area contributed by atoms with Gasteiger partial charge in [-0.3, -0.25) is 29.4 Å². The highest BCUT2D eigenvalue weighted by atomic mass is 32.2. The van der Waals surface area contributed by atoms with Crippen molar-refractivity contribution in [3.8, 4) is 0 Å². The second-order valence-electron chi connectivity index (χ2n) is 7.22. The highest BCUT2D eigenvalue weighted by Gasteiger charge is 2.35. The second kappa shape index (κ2) is 8.65. The molecule has 0 saturated carbocycles. The van der Waals surface area contributed by atoms with Crippen LogP contribution in [0.5, 0.6) is 0 Å². The number of thioether (sulfide) groups is 1. The Morgan fingerprint density at radius 2 is 1.65 bits per heavy atom. The molecule has 0 bridgehead atoms. The molecule has 7 heteroatoms. The molecule has 4 rings (SSSR count). The minimum atomic E-state index is -0.308. The predicted octanol–water partition coefficient (Wildman–Crippen LogP) is 4.73. The maximum absolute atomic E-state index is 12.8. The fourth-order valence-corrected chi connectivity index (χ4v) is 4.23. The van der Waals surface area contributed by atoms with E-state index in [0.29, 0.717) is 10.5 Å². The topological polar surface area (TPSA) is 71.4 Å². The van der Waals surface area contributed by atoms with Gasteiger partial charge in [-0.25, -0.2) is 0 Å². The van der Waals surface area contributed by atoms with Crippen molar-refractivity contribution in [3.05, 3.63) is 99.7 Å². The summed E-state index contributed by atoms with van der Waals surface area (Å²) in [4.78, 5) is 39.4. The third kappa shape index (κ3) is 4.32. The van der Waals surface area contributed by atoms with Gasteiger partial charge >= 0.3 is 0 Å². The van der Waals surface area contributed by atoms with Gasteiger partial charge in [0.1, 0.15) is 0 Å². The summed E-state index contributed by atoms with van der Waals surface area (Å²) in [6.45, 7) is 3.98. The van der Waals surface area contributed by atoms with Gasteiger partial charge in [-0.05, 0) is 61.0 Å². The van der Waals surface area contributed by atoms with Gasteiger partial charge in [0.25, 0.3) is 17.1 Å². The minimum Gasteiger partial charge on any atom is -0.268 e. The van der Waals surface area contributed by atoms with E-state index in [1.54, 1.807) is 35.0 Å². The zero-order chi connectivity index (χ0) is 22.0. The normalized spacial score (nSPS) is 15.0. The standard InChI is InChI=1S/C24H21N3O3S/c1-16-13-20(17(2)27(16)25-22(28)19-11-7-4-8-12-19)14-21-23(29)26(24(30)31-21)15-18-9-5-3-6-10-18/h3-14H,15H2,1-2H3,(H,25,28)/b21-14-. The number of amides is 3. The molecular weight excluding hydrogens is 410 g/mol. The molecule has 1 N–H and O–H groups in total. The molecule has 31 heavy (non-hydrogen) atoms. The van der Waals surface area contributed by atoms with E-state index in [9.17, 15) is 14.4 Å². The van der Waals surface area contributed by atoms with Gasteiger partial charge in [-0.2, -0.15) is 0 Å². The lowest BCUT2D eigenvalue weighted by atomic mass is 10.2. The Labute approximate surface area is 184 Å². The fraction of sp³-hybridized carbons (Fsp3) is 0.125. The van der Waals surface area contributed by atoms with Crippen LogP contribution in [0.2, 0.25) is 0 Å². The van der Waals surface area contributed by atoms with Crippen LogP contribution in [-0.2, 0) is 11.3 Å². The molecule has 0 unspecified atom stereocenters. The van der Waals surface area contributed by atoms with Crippen molar-refractivity contribution in [3.63, 3.8) is 0 Å². The lowest BCUT2D eigenvalue weighted by Crippen LogP contribution is -2.27. The van der Waals surface area contributed by atoms with Gasteiger partial charge in [0.15, 0.2) is 0 Å². The number of rotatable bonds is 5. The van der Waals surface area contributed by atoms with Crippen molar-refractivity contribution in [2.24, 2.45) is 0 Å². The first-order chi connectivity index (χ1) is 14.9. The van der Waals surface area contributed by atoms with Crippen molar-refractivity contribution < 1.29 is 14.4 Å². The van der Waals surface area contributed by atoms with Gasteiger partial charge < -0.3 is 0 Å². The lowest BCUT2D eigenvalue weighted by Gasteiger charge is -2.12. The molecular formula is C24H21N3O3S. The van der Waals surface area contributed by atoms with E-state index in [1.807, 2.05) is 56.3 Å². The van der Waals surface area contributed by atoms with Crippen LogP contribution in [0.3, 0.4) is 0 Å². The number of benzene rings is 2. The Morgan fingerprint density at radius 3 is 2.32 bits per heavy atom. The molecule has 1 fully saturated rings. The molecule has 0 aliphatic carbocycles. The van der Waals surface area contributed by atoms with Gasteiger partial charge in [0.05, 0.1) is 11.4 Å². The van der Waals surface area contributed by atoms with Crippen LogP contribution in [-0.4, -0.2) is 26.6 Å². The summed E-state index contributed by atoms with van der Waals surface area (Å²) in [6, 6.07) is 20.3. The van der Waals surface area contributed by atoms with Gasteiger partial charge in [-0.15, -0.1) is 0 Å². The molecule has 0 radical (unpaired) electrons. The Hall–Kier alpha value is -3.58. The van der Waals surface area contributed by atoms with E-state index in [2.05, 4.69) is 5.43 Å². The molecule has 1 aliphatic heterocycles. The van der Waals surface area contributed by atoms with Crippen LogP contribution < -0.4 is 5.43 Å². The molecule has 1 aliphatic rings. The summed E-state index contributed by atoms with van der Waals surface area (Å²) >= 11 is 0.932. The molecule has 2 heterocycles. The molecule has 3 aromatic rings. The number of imide groups is 1. The molecule has 3 amide bonds. The van der Waals surface area contributed by atoms with Crippen molar-refractivity contribution >= 4 is 34.9 Å². The molecule has 1 aromatic heterocycles.